The fourth-order valence-electron chi connectivity index (χ4n) is 5.93. The minimum absolute atomic E-state index is 0.0254. The number of ether oxygens (including phenoxy) is 4. The Bertz CT molecular complexity index is 1300. The van der Waals surface area contributed by atoms with Gasteiger partial charge >= 0.3 is 11.9 Å². The maximum Gasteiger partial charge on any atom is 0.326 e. The lowest BCUT2D eigenvalue weighted by molar-refractivity contribution is -0.142. The van der Waals surface area contributed by atoms with Gasteiger partial charge in [-0.15, -0.1) is 0 Å². The van der Waals surface area contributed by atoms with Gasteiger partial charge in [-0.1, -0.05) is 102 Å². The fraction of sp³-hybridized carbons (Fsp3) is 0.721. The van der Waals surface area contributed by atoms with Crippen LogP contribution in [-0.4, -0.2) is 118 Å². The third-order valence-corrected chi connectivity index (χ3v) is 9.24. The molecule has 1 atom stereocenters. The minimum atomic E-state index is -1.18. The highest BCUT2D eigenvalue weighted by molar-refractivity contribution is 5.84. The van der Waals surface area contributed by atoms with E-state index in [1.54, 1.807) is 0 Å². The third kappa shape index (κ3) is 33.4. The molecule has 1 aromatic rings. The van der Waals surface area contributed by atoms with E-state index in [1.807, 2.05) is 12.1 Å². The zero-order valence-electron chi connectivity index (χ0n) is 35.4. The Morgan fingerprint density at radius 2 is 0.983 bits per heavy atom. The summed E-state index contributed by atoms with van der Waals surface area (Å²) in [5.41, 5.74) is 2.31. The van der Waals surface area contributed by atoms with Gasteiger partial charge in [-0.3, -0.25) is 24.0 Å². The van der Waals surface area contributed by atoms with Gasteiger partial charge in [0.15, 0.2) is 0 Å². The zero-order valence-corrected chi connectivity index (χ0v) is 35.4. The summed E-state index contributed by atoms with van der Waals surface area (Å²) in [5, 5.41) is 28.8. The summed E-state index contributed by atoms with van der Waals surface area (Å²) in [7, 11) is 0. The van der Waals surface area contributed by atoms with Gasteiger partial charge in [0.05, 0.1) is 39.6 Å². The highest BCUT2D eigenvalue weighted by atomic mass is 16.5. The van der Waals surface area contributed by atoms with Crippen molar-refractivity contribution in [3.63, 3.8) is 0 Å². The maximum absolute atomic E-state index is 12.3. The first-order chi connectivity index (χ1) is 28.6. The van der Waals surface area contributed by atoms with Crippen LogP contribution in [0.1, 0.15) is 127 Å². The molecular formula is C43H72N4O12. The van der Waals surface area contributed by atoms with Crippen LogP contribution in [0.5, 0.6) is 0 Å². The summed E-state index contributed by atoms with van der Waals surface area (Å²) in [6.07, 6.45) is 14.9. The van der Waals surface area contributed by atoms with Crippen LogP contribution in [0, 0.1) is 0 Å². The molecule has 0 bridgehead atoms. The van der Waals surface area contributed by atoms with E-state index in [0.717, 1.165) is 69.8 Å². The van der Waals surface area contributed by atoms with E-state index in [-0.39, 0.29) is 109 Å². The Labute approximate surface area is 350 Å². The number of benzene rings is 1. The molecule has 0 spiro atoms. The first kappa shape index (κ1) is 52.9. The highest BCUT2D eigenvalue weighted by Crippen LogP contribution is 2.13. The number of aryl methyl sites for hydroxylation is 1. The molecule has 6 N–H and O–H groups in total. The first-order valence-electron chi connectivity index (χ1n) is 21.5. The van der Waals surface area contributed by atoms with Gasteiger partial charge < -0.3 is 50.4 Å². The van der Waals surface area contributed by atoms with Crippen LogP contribution in [-0.2, 0) is 60.7 Å². The predicted molar refractivity (Wildman–Crippen MR) is 223 cm³/mol. The second kappa shape index (κ2) is 36.9. The third-order valence-electron chi connectivity index (χ3n) is 9.24. The number of amides is 4. The number of hydrogen-bond acceptors (Lipinski definition) is 10. The molecule has 16 heteroatoms. The quantitative estimate of drug-likeness (QED) is 0.0504. The average molecular weight is 837 g/mol. The molecule has 0 unspecified atom stereocenters. The monoisotopic (exact) mass is 837 g/mol. The van der Waals surface area contributed by atoms with Gasteiger partial charge in [0.1, 0.15) is 19.3 Å². The molecule has 0 saturated carbocycles. The molecule has 336 valence electrons. The van der Waals surface area contributed by atoms with Gasteiger partial charge in [0.25, 0.3) is 0 Å². The second-order valence-electron chi connectivity index (χ2n) is 14.5. The van der Waals surface area contributed by atoms with Crippen molar-refractivity contribution in [2.45, 2.75) is 135 Å². The molecule has 1 rings (SSSR count). The molecule has 0 aliphatic rings. The van der Waals surface area contributed by atoms with E-state index in [4.69, 9.17) is 24.1 Å². The van der Waals surface area contributed by atoms with Crippen LogP contribution < -0.4 is 21.3 Å². The summed E-state index contributed by atoms with van der Waals surface area (Å²) in [5.74, 6) is -3.11. The van der Waals surface area contributed by atoms with Gasteiger partial charge in [0.2, 0.25) is 23.6 Å². The number of carbonyl (C=O) groups excluding carboxylic acids is 4. The number of aliphatic carboxylic acids is 2. The van der Waals surface area contributed by atoms with Crippen LogP contribution in [0.25, 0.3) is 0 Å². The van der Waals surface area contributed by atoms with Crippen molar-refractivity contribution < 1.29 is 57.9 Å². The van der Waals surface area contributed by atoms with Crippen molar-refractivity contribution in [2.24, 2.45) is 0 Å². The number of nitrogens with one attached hydrogen (secondary N) is 4. The fourth-order valence-corrected chi connectivity index (χ4v) is 5.93. The lowest BCUT2D eigenvalue weighted by atomic mass is 10.0. The highest BCUT2D eigenvalue weighted by Gasteiger charge is 2.20. The molecule has 1 aromatic carbocycles. The summed E-state index contributed by atoms with van der Waals surface area (Å²) >= 11 is 0. The van der Waals surface area contributed by atoms with Gasteiger partial charge in [-0.2, -0.15) is 0 Å². The lowest BCUT2D eigenvalue weighted by Gasteiger charge is -2.14. The van der Waals surface area contributed by atoms with Crippen LogP contribution in [0.3, 0.4) is 0 Å². The minimum Gasteiger partial charge on any atom is -0.481 e. The van der Waals surface area contributed by atoms with E-state index in [0.29, 0.717) is 19.5 Å². The van der Waals surface area contributed by atoms with Gasteiger partial charge in [-0.25, -0.2) is 4.79 Å². The number of carboxylic acid groups (broad SMARTS) is 2. The number of hydrogen-bond donors (Lipinski definition) is 6. The van der Waals surface area contributed by atoms with E-state index in [9.17, 15) is 33.9 Å². The normalized spacial score (nSPS) is 11.5. The van der Waals surface area contributed by atoms with Crippen molar-refractivity contribution in [3.8, 4) is 0 Å². The van der Waals surface area contributed by atoms with Crippen LogP contribution in [0.4, 0.5) is 0 Å². The number of carboxylic acids is 2. The van der Waals surface area contributed by atoms with Gasteiger partial charge in [0, 0.05) is 38.9 Å². The van der Waals surface area contributed by atoms with E-state index < -0.39 is 18.0 Å². The number of unbranched alkanes of at least 4 members (excludes halogenated alkanes) is 11. The topological polar surface area (TPSA) is 228 Å². The van der Waals surface area contributed by atoms with Crippen molar-refractivity contribution in [1.82, 2.24) is 21.3 Å². The van der Waals surface area contributed by atoms with E-state index in [2.05, 4.69) is 40.3 Å². The molecule has 0 radical (unpaired) electrons. The molecule has 0 heterocycles. The molecule has 59 heavy (non-hydrogen) atoms. The van der Waals surface area contributed by atoms with Crippen molar-refractivity contribution in [2.75, 3.05) is 65.9 Å². The zero-order chi connectivity index (χ0) is 43.2. The molecular weight excluding hydrogens is 764 g/mol. The molecule has 0 aliphatic heterocycles. The van der Waals surface area contributed by atoms with E-state index in [1.165, 1.54) is 24.8 Å². The van der Waals surface area contributed by atoms with Crippen molar-refractivity contribution >= 4 is 35.6 Å². The Balaban J connectivity index is 1.92. The Morgan fingerprint density at radius 3 is 1.49 bits per heavy atom. The maximum atomic E-state index is 12.3. The molecule has 0 fully saturated rings. The standard InChI is InChI=1S/C43H72N4O12/c1-2-15-35-18-20-36(21-19-35)32-46-41(51)34-59-31-29-57-27-25-45-40(50)33-58-30-28-56-26-24-44-38(48)23-22-37(43(54)55)47-39(49)16-13-11-9-7-5-3-4-6-8-10-12-14-17-42(52)53/h18-21,37H,2-17,22-34H2,1H3,(H,44,48)(H,45,50)(H,46,51)(H,47,49)(H,52,53)(H,54,55)/t37-/m0/s1. The number of rotatable bonds is 40. The molecule has 0 aromatic heterocycles. The van der Waals surface area contributed by atoms with Gasteiger partial charge in [-0.05, 0) is 36.8 Å². The SMILES string of the molecule is CCCc1ccc(CNC(=O)COCCOCCNC(=O)COCCOCCNC(=O)CC[C@H](NC(=O)CCCCCCCCCCCCCCC(=O)O)C(=O)O)cc1. The molecule has 16 nitrogen and oxygen atoms in total. The average Bonchev–Trinajstić information content (AvgIpc) is 3.21. The lowest BCUT2D eigenvalue weighted by Crippen LogP contribution is -2.41. The van der Waals surface area contributed by atoms with Crippen molar-refractivity contribution in [1.29, 1.82) is 0 Å². The second-order valence-corrected chi connectivity index (χ2v) is 14.5. The molecule has 0 aliphatic carbocycles. The molecule has 0 saturated heterocycles. The summed E-state index contributed by atoms with van der Waals surface area (Å²) in [6, 6.07) is 7.03. The van der Waals surface area contributed by atoms with Crippen LogP contribution in [0.15, 0.2) is 24.3 Å². The molecule has 4 amide bonds. The smallest absolute Gasteiger partial charge is 0.326 e. The number of carbonyl (C=O) groups is 6. The Hall–Kier alpha value is -4.12. The Kier molecular flexibility index (Phi) is 33.1. The summed E-state index contributed by atoms with van der Waals surface area (Å²) < 4.78 is 21.4. The van der Waals surface area contributed by atoms with Crippen LogP contribution in [0.2, 0.25) is 0 Å². The summed E-state index contributed by atoms with van der Waals surface area (Å²) in [6.45, 7) is 4.28. The predicted octanol–water partition coefficient (Wildman–Crippen LogP) is 4.45. The van der Waals surface area contributed by atoms with E-state index >= 15 is 0 Å². The summed E-state index contributed by atoms with van der Waals surface area (Å²) in [4.78, 5) is 70.5. The van der Waals surface area contributed by atoms with Crippen molar-refractivity contribution in [3.05, 3.63) is 35.4 Å². The first-order valence-corrected chi connectivity index (χ1v) is 21.5. The largest absolute Gasteiger partial charge is 0.481 e. The van der Waals surface area contributed by atoms with Crippen LogP contribution >= 0.6 is 0 Å². The Morgan fingerprint density at radius 1 is 0.525 bits per heavy atom.